The lowest BCUT2D eigenvalue weighted by molar-refractivity contribution is 0.00866. The Kier molecular flexibility index (Phi) is 6.72. The molecule has 1 aromatic carbocycles. The Bertz CT molecular complexity index is 412. The van der Waals surface area contributed by atoms with Crippen molar-refractivity contribution in [3.8, 4) is 0 Å². The number of methoxy groups -OCH3 is 1. The number of aryl methyl sites for hydroxylation is 1. The smallest absolute Gasteiger partial charge is 0.0755 e. The molecule has 0 amide bonds. The molecule has 2 rings (SSSR count). The average Bonchev–Trinajstić information content (AvgIpc) is 2.51. The molecule has 0 spiro atoms. The van der Waals surface area contributed by atoms with Gasteiger partial charge in [-0.3, -0.25) is 0 Å². The van der Waals surface area contributed by atoms with Crippen molar-refractivity contribution in [2.45, 2.75) is 64.5 Å². The van der Waals surface area contributed by atoms with Gasteiger partial charge in [0.05, 0.1) is 6.10 Å². The van der Waals surface area contributed by atoms with Crippen molar-refractivity contribution in [1.29, 1.82) is 0 Å². The van der Waals surface area contributed by atoms with Gasteiger partial charge in [0.2, 0.25) is 0 Å². The van der Waals surface area contributed by atoms with Crippen LogP contribution in [0.4, 0.5) is 0 Å². The van der Waals surface area contributed by atoms with Gasteiger partial charge in [-0.25, -0.2) is 0 Å². The van der Waals surface area contributed by atoms with Crippen LogP contribution in [0.5, 0.6) is 0 Å². The third kappa shape index (κ3) is 4.55. The molecule has 2 heteroatoms. The van der Waals surface area contributed by atoms with Crippen LogP contribution in [0.15, 0.2) is 24.3 Å². The fraction of sp³-hybridized carbons (Fsp3) is 0.684. The number of nitrogens with one attached hydrogen (secondary N) is 1. The van der Waals surface area contributed by atoms with Crippen LogP contribution in [-0.2, 0) is 11.2 Å². The van der Waals surface area contributed by atoms with E-state index in [-0.39, 0.29) is 0 Å². The van der Waals surface area contributed by atoms with E-state index >= 15 is 0 Å². The van der Waals surface area contributed by atoms with E-state index in [1.54, 1.807) is 0 Å². The molecule has 0 radical (unpaired) electrons. The van der Waals surface area contributed by atoms with E-state index in [4.69, 9.17) is 4.74 Å². The molecule has 2 atom stereocenters. The van der Waals surface area contributed by atoms with Crippen molar-refractivity contribution in [3.05, 3.63) is 35.4 Å². The maximum atomic E-state index is 5.95. The highest BCUT2D eigenvalue weighted by atomic mass is 16.5. The number of hydrogen-bond donors (Lipinski definition) is 1. The Morgan fingerprint density at radius 3 is 2.52 bits per heavy atom. The van der Waals surface area contributed by atoms with Gasteiger partial charge >= 0.3 is 0 Å². The zero-order chi connectivity index (χ0) is 15.1. The summed E-state index contributed by atoms with van der Waals surface area (Å²) < 4.78 is 5.95. The minimum Gasteiger partial charge on any atom is -0.380 e. The van der Waals surface area contributed by atoms with E-state index < -0.39 is 0 Å². The number of rotatable bonds is 7. The largest absolute Gasteiger partial charge is 0.380 e. The summed E-state index contributed by atoms with van der Waals surface area (Å²) in [5, 5.41) is 3.68. The monoisotopic (exact) mass is 289 g/mol. The van der Waals surface area contributed by atoms with Gasteiger partial charge in [0.1, 0.15) is 0 Å². The molecule has 1 aliphatic rings. The first-order valence-corrected chi connectivity index (χ1v) is 8.57. The molecule has 1 saturated carbocycles. The minimum absolute atomic E-state index is 0.338. The normalized spacial score (nSPS) is 19.4. The summed E-state index contributed by atoms with van der Waals surface area (Å²) >= 11 is 0. The fourth-order valence-electron chi connectivity index (χ4n) is 3.79. The first kappa shape index (κ1) is 16.5. The molecular weight excluding hydrogens is 258 g/mol. The van der Waals surface area contributed by atoms with Crippen molar-refractivity contribution < 1.29 is 4.74 Å². The summed E-state index contributed by atoms with van der Waals surface area (Å²) in [5.41, 5.74) is 2.83. The van der Waals surface area contributed by atoms with Gasteiger partial charge in [-0.05, 0) is 49.8 Å². The van der Waals surface area contributed by atoms with E-state index in [1.165, 1.54) is 43.2 Å². The third-order valence-electron chi connectivity index (χ3n) is 4.95. The Morgan fingerprint density at radius 1 is 1.19 bits per heavy atom. The Balaban J connectivity index is 2.10. The summed E-state index contributed by atoms with van der Waals surface area (Å²) in [6, 6.07) is 9.15. The first-order chi connectivity index (χ1) is 10.3. The highest BCUT2D eigenvalue weighted by Crippen LogP contribution is 2.30. The number of likely N-dealkylation sites (N-methyl/N-ethyl adjacent to an activating group) is 1. The lowest BCUT2D eigenvalue weighted by Gasteiger charge is -2.35. The molecule has 0 bridgehead atoms. The van der Waals surface area contributed by atoms with Gasteiger partial charge in [0, 0.05) is 13.2 Å². The number of benzene rings is 1. The second-order valence-corrected chi connectivity index (χ2v) is 6.39. The van der Waals surface area contributed by atoms with Gasteiger partial charge in [-0.15, -0.1) is 0 Å². The molecule has 0 saturated heterocycles. The van der Waals surface area contributed by atoms with E-state index in [2.05, 4.69) is 43.4 Å². The van der Waals surface area contributed by atoms with Crippen LogP contribution in [0.3, 0.4) is 0 Å². The highest BCUT2D eigenvalue weighted by molar-refractivity contribution is 5.26. The molecule has 2 nitrogen and oxygen atoms in total. The molecule has 1 fully saturated rings. The fourth-order valence-corrected chi connectivity index (χ4v) is 3.79. The molecule has 21 heavy (non-hydrogen) atoms. The lowest BCUT2D eigenvalue weighted by Crippen LogP contribution is -2.47. The summed E-state index contributed by atoms with van der Waals surface area (Å²) in [4.78, 5) is 0. The standard InChI is InChI=1S/C19H31NO/c1-4-20-18(14-17-13-9-8-10-15(17)2)19(21-3)16-11-6-5-7-12-16/h8-10,13,16,18-20H,4-7,11-12,14H2,1-3H3. The van der Waals surface area contributed by atoms with Gasteiger partial charge in [-0.2, -0.15) is 0 Å². The first-order valence-electron chi connectivity index (χ1n) is 8.57. The molecule has 0 aromatic heterocycles. The topological polar surface area (TPSA) is 21.3 Å². The van der Waals surface area contributed by atoms with Gasteiger partial charge < -0.3 is 10.1 Å². The van der Waals surface area contributed by atoms with Crippen molar-refractivity contribution in [3.63, 3.8) is 0 Å². The van der Waals surface area contributed by atoms with Crippen molar-refractivity contribution in [2.75, 3.05) is 13.7 Å². The Hall–Kier alpha value is -0.860. The highest BCUT2D eigenvalue weighted by Gasteiger charge is 2.30. The Labute approximate surface area is 130 Å². The van der Waals surface area contributed by atoms with Crippen LogP contribution < -0.4 is 5.32 Å². The molecule has 1 aromatic rings. The van der Waals surface area contributed by atoms with Crippen molar-refractivity contribution in [1.82, 2.24) is 5.32 Å². The molecule has 0 heterocycles. The van der Waals surface area contributed by atoms with Crippen LogP contribution in [-0.4, -0.2) is 25.8 Å². The summed E-state index contributed by atoms with van der Waals surface area (Å²) in [7, 11) is 1.89. The van der Waals surface area contributed by atoms with Crippen LogP contribution in [0, 0.1) is 12.8 Å². The second-order valence-electron chi connectivity index (χ2n) is 6.39. The van der Waals surface area contributed by atoms with Crippen LogP contribution >= 0.6 is 0 Å². The zero-order valence-corrected chi connectivity index (χ0v) is 13.9. The van der Waals surface area contributed by atoms with Gasteiger partial charge in [-0.1, -0.05) is 50.5 Å². The summed E-state index contributed by atoms with van der Waals surface area (Å²) in [5.74, 6) is 0.719. The molecule has 0 aliphatic heterocycles. The predicted octanol–water partition coefficient (Wildman–Crippen LogP) is 4.11. The lowest BCUT2D eigenvalue weighted by atomic mass is 9.81. The van der Waals surface area contributed by atoms with Crippen molar-refractivity contribution in [2.24, 2.45) is 5.92 Å². The molecule has 118 valence electrons. The summed E-state index contributed by atoms with van der Waals surface area (Å²) in [6.07, 6.45) is 8.19. The molecule has 1 aliphatic carbocycles. The molecular formula is C19H31NO. The van der Waals surface area contributed by atoms with E-state index in [0.717, 1.165) is 18.9 Å². The average molecular weight is 289 g/mol. The maximum Gasteiger partial charge on any atom is 0.0755 e. The second kappa shape index (κ2) is 8.55. The Morgan fingerprint density at radius 2 is 1.90 bits per heavy atom. The van der Waals surface area contributed by atoms with E-state index in [1.807, 2.05) is 7.11 Å². The SMILES string of the molecule is CCNC(Cc1ccccc1C)C(OC)C1CCCCC1. The number of hydrogen-bond acceptors (Lipinski definition) is 2. The van der Waals surface area contributed by atoms with Crippen LogP contribution in [0.25, 0.3) is 0 Å². The predicted molar refractivity (Wildman–Crippen MR) is 89.7 cm³/mol. The van der Waals surface area contributed by atoms with E-state index in [9.17, 15) is 0 Å². The molecule has 2 unspecified atom stereocenters. The zero-order valence-electron chi connectivity index (χ0n) is 13.9. The van der Waals surface area contributed by atoms with Crippen molar-refractivity contribution >= 4 is 0 Å². The van der Waals surface area contributed by atoms with Gasteiger partial charge in [0.25, 0.3) is 0 Å². The minimum atomic E-state index is 0.338. The summed E-state index contributed by atoms with van der Waals surface area (Å²) in [6.45, 7) is 5.41. The molecule has 1 N–H and O–H groups in total. The van der Waals surface area contributed by atoms with Crippen LogP contribution in [0.2, 0.25) is 0 Å². The van der Waals surface area contributed by atoms with Gasteiger partial charge in [0.15, 0.2) is 0 Å². The van der Waals surface area contributed by atoms with E-state index in [0.29, 0.717) is 12.1 Å². The number of ether oxygens (including phenoxy) is 1. The maximum absolute atomic E-state index is 5.95. The quantitative estimate of drug-likeness (QED) is 0.815. The van der Waals surface area contributed by atoms with Crippen LogP contribution in [0.1, 0.15) is 50.2 Å². The third-order valence-corrected chi connectivity index (χ3v) is 4.95.